The summed E-state index contributed by atoms with van der Waals surface area (Å²) in [4.78, 5) is 11.6. The average molecular weight is 230 g/mol. The Labute approximate surface area is 96.6 Å². The summed E-state index contributed by atoms with van der Waals surface area (Å²) in [6.45, 7) is 5.64. The first-order valence-electron chi connectivity index (χ1n) is 5.87. The quantitative estimate of drug-likeness (QED) is 0.603. The Morgan fingerprint density at radius 1 is 1.50 bits per heavy atom. The van der Waals surface area contributed by atoms with Gasteiger partial charge in [-0.2, -0.15) is 0 Å². The molecule has 1 aliphatic heterocycles. The van der Waals surface area contributed by atoms with Crippen LogP contribution in [0.15, 0.2) is 0 Å². The molecule has 0 aromatic carbocycles. The first-order valence-corrected chi connectivity index (χ1v) is 5.87. The number of carbonyl (C=O) groups is 1. The molecule has 5 nitrogen and oxygen atoms in total. The minimum Gasteiger partial charge on any atom is -0.394 e. The third kappa shape index (κ3) is 3.43. The minimum absolute atomic E-state index is 0.0261. The SMILES string of the molecule is CCNC(=O)C(C)NC1(CO)CCOCC1. The highest BCUT2D eigenvalue weighted by Crippen LogP contribution is 2.20. The zero-order chi connectivity index (χ0) is 12.0. The van der Waals surface area contributed by atoms with Crippen molar-refractivity contribution in [3.05, 3.63) is 0 Å². The molecule has 0 aromatic heterocycles. The molecule has 1 amide bonds. The molecule has 1 fully saturated rings. The van der Waals surface area contributed by atoms with Crippen molar-refractivity contribution in [2.45, 2.75) is 38.3 Å². The van der Waals surface area contributed by atoms with Crippen molar-refractivity contribution in [2.75, 3.05) is 26.4 Å². The van der Waals surface area contributed by atoms with Crippen LogP contribution in [0.4, 0.5) is 0 Å². The van der Waals surface area contributed by atoms with Gasteiger partial charge in [0.05, 0.1) is 12.6 Å². The first kappa shape index (κ1) is 13.4. The van der Waals surface area contributed by atoms with E-state index in [0.717, 1.165) is 12.8 Å². The minimum atomic E-state index is -0.358. The van der Waals surface area contributed by atoms with Gasteiger partial charge >= 0.3 is 0 Å². The van der Waals surface area contributed by atoms with Gasteiger partial charge in [0.15, 0.2) is 0 Å². The summed E-state index contributed by atoms with van der Waals surface area (Å²) in [6, 6.07) is -0.287. The molecular weight excluding hydrogens is 208 g/mol. The van der Waals surface area contributed by atoms with E-state index in [0.29, 0.717) is 19.8 Å². The number of nitrogens with one attached hydrogen (secondary N) is 2. The average Bonchev–Trinajstić information content (AvgIpc) is 2.30. The first-order chi connectivity index (χ1) is 7.63. The van der Waals surface area contributed by atoms with Crippen LogP contribution in [0.1, 0.15) is 26.7 Å². The highest BCUT2D eigenvalue weighted by Gasteiger charge is 2.34. The summed E-state index contributed by atoms with van der Waals surface area (Å²) >= 11 is 0. The molecule has 94 valence electrons. The van der Waals surface area contributed by atoms with Crippen molar-refractivity contribution in [1.29, 1.82) is 0 Å². The lowest BCUT2D eigenvalue weighted by Gasteiger charge is -2.38. The Balaban J connectivity index is 2.51. The van der Waals surface area contributed by atoms with Crippen LogP contribution >= 0.6 is 0 Å². The van der Waals surface area contributed by atoms with E-state index in [9.17, 15) is 9.90 Å². The Hall–Kier alpha value is -0.650. The normalized spacial score (nSPS) is 21.4. The van der Waals surface area contributed by atoms with Crippen molar-refractivity contribution in [3.8, 4) is 0 Å². The Bertz CT molecular complexity index is 227. The highest BCUT2D eigenvalue weighted by atomic mass is 16.5. The van der Waals surface area contributed by atoms with Gasteiger partial charge < -0.3 is 15.2 Å². The van der Waals surface area contributed by atoms with Gasteiger partial charge in [-0.3, -0.25) is 10.1 Å². The third-order valence-corrected chi connectivity index (χ3v) is 3.02. The van der Waals surface area contributed by atoms with Crippen LogP contribution in [0, 0.1) is 0 Å². The van der Waals surface area contributed by atoms with E-state index >= 15 is 0 Å². The second kappa shape index (κ2) is 6.18. The zero-order valence-corrected chi connectivity index (χ0v) is 10.1. The Morgan fingerprint density at radius 3 is 2.62 bits per heavy atom. The lowest BCUT2D eigenvalue weighted by Crippen LogP contribution is -2.58. The number of carbonyl (C=O) groups excluding carboxylic acids is 1. The number of likely N-dealkylation sites (N-methyl/N-ethyl adjacent to an activating group) is 1. The lowest BCUT2D eigenvalue weighted by atomic mass is 9.90. The molecule has 5 heteroatoms. The van der Waals surface area contributed by atoms with Crippen LogP contribution in [0.2, 0.25) is 0 Å². The van der Waals surface area contributed by atoms with Gasteiger partial charge in [-0.05, 0) is 26.7 Å². The largest absolute Gasteiger partial charge is 0.394 e. The predicted molar refractivity (Wildman–Crippen MR) is 61.2 cm³/mol. The van der Waals surface area contributed by atoms with Crippen molar-refractivity contribution >= 4 is 5.91 Å². The summed E-state index contributed by atoms with van der Waals surface area (Å²) in [5.41, 5.74) is -0.358. The van der Waals surface area contributed by atoms with Gasteiger partial charge in [-0.25, -0.2) is 0 Å². The summed E-state index contributed by atoms with van der Waals surface area (Å²) in [7, 11) is 0. The molecule has 1 unspecified atom stereocenters. The molecule has 0 aliphatic carbocycles. The van der Waals surface area contributed by atoms with Gasteiger partial charge in [0.2, 0.25) is 5.91 Å². The lowest BCUT2D eigenvalue weighted by molar-refractivity contribution is -0.123. The Kier molecular flexibility index (Phi) is 5.18. The molecule has 0 radical (unpaired) electrons. The van der Waals surface area contributed by atoms with E-state index < -0.39 is 0 Å². The molecule has 0 saturated carbocycles. The molecule has 1 saturated heterocycles. The van der Waals surface area contributed by atoms with Gasteiger partial charge in [0.25, 0.3) is 0 Å². The molecule has 1 rings (SSSR count). The molecule has 1 heterocycles. The monoisotopic (exact) mass is 230 g/mol. The molecule has 0 bridgehead atoms. The van der Waals surface area contributed by atoms with Crippen LogP contribution in [0.5, 0.6) is 0 Å². The summed E-state index contributed by atoms with van der Waals surface area (Å²) in [5.74, 6) is -0.0261. The molecule has 0 spiro atoms. The van der Waals surface area contributed by atoms with E-state index in [2.05, 4.69) is 10.6 Å². The maximum absolute atomic E-state index is 11.6. The van der Waals surface area contributed by atoms with Crippen molar-refractivity contribution in [3.63, 3.8) is 0 Å². The number of aliphatic hydroxyl groups is 1. The van der Waals surface area contributed by atoms with Crippen LogP contribution in [-0.2, 0) is 9.53 Å². The summed E-state index contributed by atoms with van der Waals surface area (Å²) in [5, 5.41) is 15.4. The van der Waals surface area contributed by atoms with Crippen LogP contribution in [-0.4, -0.2) is 49.0 Å². The molecular formula is C11H22N2O3. The number of rotatable bonds is 5. The fourth-order valence-electron chi connectivity index (χ4n) is 1.96. The van der Waals surface area contributed by atoms with Gasteiger partial charge in [0, 0.05) is 25.3 Å². The maximum atomic E-state index is 11.6. The Morgan fingerprint density at radius 2 is 2.12 bits per heavy atom. The zero-order valence-electron chi connectivity index (χ0n) is 10.1. The van der Waals surface area contributed by atoms with Crippen LogP contribution in [0.25, 0.3) is 0 Å². The maximum Gasteiger partial charge on any atom is 0.236 e. The fourth-order valence-corrected chi connectivity index (χ4v) is 1.96. The molecule has 16 heavy (non-hydrogen) atoms. The van der Waals surface area contributed by atoms with Crippen LogP contribution < -0.4 is 10.6 Å². The van der Waals surface area contributed by atoms with Crippen molar-refractivity contribution < 1.29 is 14.6 Å². The number of hydrogen-bond acceptors (Lipinski definition) is 4. The number of hydrogen-bond donors (Lipinski definition) is 3. The van der Waals surface area contributed by atoms with E-state index in [-0.39, 0.29) is 24.1 Å². The van der Waals surface area contributed by atoms with Crippen LogP contribution in [0.3, 0.4) is 0 Å². The predicted octanol–water partition coefficient (Wildman–Crippen LogP) is -0.358. The number of ether oxygens (including phenoxy) is 1. The van der Waals surface area contributed by atoms with E-state index in [1.807, 2.05) is 13.8 Å². The fraction of sp³-hybridized carbons (Fsp3) is 0.909. The van der Waals surface area contributed by atoms with Gasteiger partial charge in [0.1, 0.15) is 0 Å². The third-order valence-electron chi connectivity index (χ3n) is 3.02. The van der Waals surface area contributed by atoms with E-state index in [1.165, 1.54) is 0 Å². The molecule has 1 atom stereocenters. The second-order valence-corrected chi connectivity index (χ2v) is 4.31. The topological polar surface area (TPSA) is 70.6 Å². The molecule has 0 aromatic rings. The number of amides is 1. The summed E-state index contributed by atoms with van der Waals surface area (Å²) < 4.78 is 5.26. The summed E-state index contributed by atoms with van der Waals surface area (Å²) in [6.07, 6.45) is 1.49. The van der Waals surface area contributed by atoms with E-state index in [4.69, 9.17) is 4.74 Å². The molecule has 3 N–H and O–H groups in total. The second-order valence-electron chi connectivity index (χ2n) is 4.31. The van der Waals surface area contributed by atoms with Gasteiger partial charge in [-0.1, -0.05) is 0 Å². The van der Waals surface area contributed by atoms with E-state index in [1.54, 1.807) is 0 Å². The number of aliphatic hydroxyl groups excluding tert-OH is 1. The molecule has 1 aliphatic rings. The van der Waals surface area contributed by atoms with Gasteiger partial charge in [-0.15, -0.1) is 0 Å². The van der Waals surface area contributed by atoms with Crippen molar-refractivity contribution in [1.82, 2.24) is 10.6 Å². The smallest absolute Gasteiger partial charge is 0.236 e. The van der Waals surface area contributed by atoms with Crippen molar-refractivity contribution in [2.24, 2.45) is 0 Å². The standard InChI is InChI=1S/C11H22N2O3/c1-3-12-10(15)9(2)13-11(8-14)4-6-16-7-5-11/h9,13-14H,3-8H2,1-2H3,(H,12,15). The highest BCUT2D eigenvalue weighted by molar-refractivity contribution is 5.81.